The molecule has 0 aliphatic rings. The highest BCUT2D eigenvalue weighted by molar-refractivity contribution is 5.70. The third-order valence-electron chi connectivity index (χ3n) is 2.43. The van der Waals surface area contributed by atoms with Gasteiger partial charge in [0.25, 0.3) is 0 Å². The molecule has 1 heterocycles. The van der Waals surface area contributed by atoms with Gasteiger partial charge in [0.15, 0.2) is 0 Å². The zero-order valence-corrected chi connectivity index (χ0v) is 9.63. The van der Waals surface area contributed by atoms with Crippen molar-refractivity contribution in [2.75, 3.05) is 6.54 Å². The van der Waals surface area contributed by atoms with Crippen molar-refractivity contribution in [2.45, 2.75) is 32.7 Å². The molecule has 3 N–H and O–H groups in total. The largest absolute Gasteiger partial charge is 0.481 e. The second kappa shape index (κ2) is 5.60. The lowest BCUT2D eigenvalue weighted by atomic mass is 10.0. The van der Waals surface area contributed by atoms with Gasteiger partial charge in [0.2, 0.25) is 0 Å². The molecular formula is C10H18N4O2. The van der Waals surface area contributed by atoms with Crippen LogP contribution in [-0.2, 0) is 11.2 Å². The van der Waals surface area contributed by atoms with E-state index in [0.29, 0.717) is 25.2 Å². The molecule has 0 aromatic carbocycles. The zero-order valence-electron chi connectivity index (χ0n) is 9.63. The Morgan fingerprint density at radius 2 is 2.31 bits per heavy atom. The minimum Gasteiger partial charge on any atom is -0.481 e. The number of aromatic nitrogens is 3. The van der Waals surface area contributed by atoms with Crippen LogP contribution in [0.4, 0.5) is 0 Å². The van der Waals surface area contributed by atoms with Gasteiger partial charge in [-0.1, -0.05) is 0 Å². The standard InChI is InChI=1S/C10H18N4O2/c1-7(2)14-9(12-6-13-14)5-8(3-4-11)10(15)16/h6-8H,3-5,11H2,1-2H3,(H,15,16). The minimum absolute atomic E-state index is 0.185. The maximum atomic E-state index is 11.0. The third kappa shape index (κ3) is 3.03. The molecule has 90 valence electrons. The van der Waals surface area contributed by atoms with Gasteiger partial charge >= 0.3 is 5.97 Å². The maximum Gasteiger partial charge on any atom is 0.306 e. The quantitative estimate of drug-likeness (QED) is 0.734. The van der Waals surface area contributed by atoms with Crippen LogP contribution in [0.3, 0.4) is 0 Å². The fraction of sp³-hybridized carbons (Fsp3) is 0.700. The van der Waals surface area contributed by atoms with Crippen LogP contribution in [0.1, 0.15) is 32.1 Å². The number of nitrogens with zero attached hydrogens (tertiary/aromatic N) is 3. The number of rotatable bonds is 6. The molecule has 0 bridgehead atoms. The Morgan fingerprint density at radius 3 is 2.81 bits per heavy atom. The summed E-state index contributed by atoms with van der Waals surface area (Å²) in [4.78, 5) is 15.1. The molecule has 1 unspecified atom stereocenters. The van der Waals surface area contributed by atoms with Crippen LogP contribution in [0.15, 0.2) is 6.33 Å². The Hall–Kier alpha value is -1.43. The van der Waals surface area contributed by atoms with E-state index < -0.39 is 11.9 Å². The van der Waals surface area contributed by atoms with Crippen molar-refractivity contribution >= 4 is 5.97 Å². The van der Waals surface area contributed by atoms with Crippen LogP contribution in [0, 0.1) is 5.92 Å². The highest BCUT2D eigenvalue weighted by Crippen LogP contribution is 2.13. The number of carboxylic acids is 1. The topological polar surface area (TPSA) is 94.0 Å². The van der Waals surface area contributed by atoms with E-state index in [-0.39, 0.29) is 6.04 Å². The van der Waals surface area contributed by atoms with Crippen LogP contribution in [-0.4, -0.2) is 32.4 Å². The van der Waals surface area contributed by atoms with Gasteiger partial charge in [-0.15, -0.1) is 0 Å². The molecule has 0 amide bonds. The van der Waals surface area contributed by atoms with Crippen LogP contribution in [0.2, 0.25) is 0 Å². The Bertz CT molecular complexity index is 348. The van der Waals surface area contributed by atoms with Crippen molar-refractivity contribution in [3.05, 3.63) is 12.2 Å². The fourth-order valence-electron chi connectivity index (χ4n) is 1.59. The van der Waals surface area contributed by atoms with Crippen LogP contribution < -0.4 is 5.73 Å². The van der Waals surface area contributed by atoms with E-state index in [1.54, 1.807) is 4.68 Å². The van der Waals surface area contributed by atoms with Gasteiger partial charge in [-0.05, 0) is 26.8 Å². The first-order valence-corrected chi connectivity index (χ1v) is 5.37. The van der Waals surface area contributed by atoms with Crippen molar-refractivity contribution in [3.8, 4) is 0 Å². The molecule has 6 heteroatoms. The van der Waals surface area contributed by atoms with Gasteiger partial charge < -0.3 is 10.8 Å². The van der Waals surface area contributed by atoms with Gasteiger partial charge in [-0.2, -0.15) is 5.10 Å². The Balaban J connectivity index is 2.77. The van der Waals surface area contributed by atoms with Crippen LogP contribution >= 0.6 is 0 Å². The molecule has 0 saturated carbocycles. The first kappa shape index (κ1) is 12.6. The fourth-order valence-corrected chi connectivity index (χ4v) is 1.59. The SMILES string of the molecule is CC(C)n1ncnc1CC(CCN)C(=O)O. The highest BCUT2D eigenvalue weighted by Gasteiger charge is 2.20. The number of hydrogen-bond donors (Lipinski definition) is 2. The predicted molar refractivity (Wildman–Crippen MR) is 58.9 cm³/mol. The Labute approximate surface area is 94.5 Å². The lowest BCUT2D eigenvalue weighted by Crippen LogP contribution is -2.22. The smallest absolute Gasteiger partial charge is 0.306 e. The highest BCUT2D eigenvalue weighted by atomic mass is 16.4. The average molecular weight is 226 g/mol. The van der Waals surface area contributed by atoms with E-state index in [9.17, 15) is 4.79 Å². The molecule has 1 aromatic rings. The molecule has 0 aliphatic heterocycles. The molecule has 1 rings (SSSR count). The first-order chi connectivity index (χ1) is 7.56. The summed E-state index contributed by atoms with van der Waals surface area (Å²) in [5.41, 5.74) is 5.39. The monoisotopic (exact) mass is 226 g/mol. The van der Waals surface area contributed by atoms with Crippen LogP contribution in [0.25, 0.3) is 0 Å². The van der Waals surface area contributed by atoms with Crippen molar-refractivity contribution < 1.29 is 9.90 Å². The van der Waals surface area contributed by atoms with E-state index >= 15 is 0 Å². The van der Waals surface area contributed by atoms with Crippen molar-refractivity contribution in [3.63, 3.8) is 0 Å². The summed E-state index contributed by atoms with van der Waals surface area (Å²) < 4.78 is 1.74. The molecule has 0 spiro atoms. The molecule has 16 heavy (non-hydrogen) atoms. The summed E-state index contributed by atoms with van der Waals surface area (Å²) in [6, 6.07) is 0.185. The lowest BCUT2D eigenvalue weighted by molar-refractivity contribution is -0.141. The van der Waals surface area contributed by atoms with E-state index in [0.717, 1.165) is 0 Å². The summed E-state index contributed by atoms with van der Waals surface area (Å²) in [6.07, 6.45) is 2.29. The Morgan fingerprint density at radius 1 is 1.62 bits per heavy atom. The van der Waals surface area contributed by atoms with Crippen molar-refractivity contribution in [1.82, 2.24) is 14.8 Å². The summed E-state index contributed by atoms with van der Waals surface area (Å²) in [5.74, 6) is -0.605. The number of carboxylic acid groups (broad SMARTS) is 1. The minimum atomic E-state index is -0.830. The molecule has 1 atom stereocenters. The normalized spacial score (nSPS) is 13.0. The first-order valence-electron chi connectivity index (χ1n) is 5.37. The summed E-state index contributed by atoms with van der Waals surface area (Å²) in [7, 11) is 0. The lowest BCUT2D eigenvalue weighted by Gasteiger charge is -2.13. The zero-order chi connectivity index (χ0) is 12.1. The summed E-state index contributed by atoms with van der Waals surface area (Å²) in [6.45, 7) is 4.33. The Kier molecular flexibility index (Phi) is 4.42. The van der Waals surface area contributed by atoms with Crippen LogP contribution in [0.5, 0.6) is 0 Å². The third-order valence-corrected chi connectivity index (χ3v) is 2.43. The molecule has 6 nitrogen and oxygen atoms in total. The van der Waals surface area contributed by atoms with E-state index in [1.807, 2.05) is 13.8 Å². The molecule has 0 radical (unpaired) electrons. The van der Waals surface area contributed by atoms with E-state index in [1.165, 1.54) is 6.33 Å². The second-order valence-corrected chi connectivity index (χ2v) is 4.03. The number of carbonyl (C=O) groups is 1. The average Bonchev–Trinajstić information content (AvgIpc) is 2.65. The molecule has 0 aliphatic carbocycles. The van der Waals surface area contributed by atoms with Gasteiger partial charge in [0.05, 0.1) is 5.92 Å². The van der Waals surface area contributed by atoms with Gasteiger partial charge in [0.1, 0.15) is 12.2 Å². The number of aliphatic carboxylic acids is 1. The molecule has 0 fully saturated rings. The predicted octanol–water partition coefficient (Wildman–Crippen LogP) is 0.451. The number of hydrogen-bond acceptors (Lipinski definition) is 4. The van der Waals surface area contributed by atoms with Crippen molar-refractivity contribution in [1.29, 1.82) is 0 Å². The molecule has 1 aromatic heterocycles. The molecule has 0 saturated heterocycles. The summed E-state index contributed by atoms with van der Waals surface area (Å²) in [5, 5.41) is 13.1. The van der Waals surface area contributed by atoms with Gasteiger partial charge in [0, 0.05) is 12.5 Å². The van der Waals surface area contributed by atoms with E-state index in [4.69, 9.17) is 10.8 Å². The maximum absolute atomic E-state index is 11.0. The number of nitrogens with two attached hydrogens (primary N) is 1. The van der Waals surface area contributed by atoms with E-state index in [2.05, 4.69) is 10.1 Å². The molecular weight excluding hydrogens is 208 g/mol. The second-order valence-electron chi connectivity index (χ2n) is 4.03. The summed E-state index contributed by atoms with van der Waals surface area (Å²) >= 11 is 0. The van der Waals surface area contributed by atoms with Crippen molar-refractivity contribution in [2.24, 2.45) is 11.7 Å². The van der Waals surface area contributed by atoms with Gasteiger partial charge in [-0.25, -0.2) is 9.67 Å². The van der Waals surface area contributed by atoms with Gasteiger partial charge in [-0.3, -0.25) is 4.79 Å².